The van der Waals surface area contributed by atoms with E-state index in [9.17, 15) is 4.39 Å². The SMILES string of the molecule is N#Cc1ccc2cc(O)c(F)cc2c1. The molecule has 0 aliphatic rings. The number of halogens is 1. The molecule has 0 unspecified atom stereocenters. The van der Waals surface area contributed by atoms with Crippen LogP contribution in [0.15, 0.2) is 30.3 Å². The minimum Gasteiger partial charge on any atom is -0.505 e. The Kier molecular flexibility index (Phi) is 1.83. The Labute approximate surface area is 79.8 Å². The third-order valence-electron chi connectivity index (χ3n) is 2.04. The van der Waals surface area contributed by atoms with Crippen molar-refractivity contribution in [3.63, 3.8) is 0 Å². The Morgan fingerprint density at radius 2 is 1.93 bits per heavy atom. The number of benzene rings is 2. The van der Waals surface area contributed by atoms with Gasteiger partial charge in [-0.3, -0.25) is 0 Å². The van der Waals surface area contributed by atoms with Gasteiger partial charge in [-0.25, -0.2) is 4.39 Å². The molecule has 2 aromatic rings. The van der Waals surface area contributed by atoms with Gasteiger partial charge in [0, 0.05) is 0 Å². The van der Waals surface area contributed by atoms with E-state index in [2.05, 4.69) is 0 Å². The molecule has 0 aliphatic carbocycles. The van der Waals surface area contributed by atoms with Crippen LogP contribution < -0.4 is 0 Å². The Morgan fingerprint density at radius 1 is 1.14 bits per heavy atom. The normalized spacial score (nSPS) is 10.0. The highest BCUT2D eigenvalue weighted by Crippen LogP contribution is 2.24. The summed E-state index contributed by atoms with van der Waals surface area (Å²) in [5.74, 6) is -1.05. The molecule has 3 heteroatoms. The van der Waals surface area contributed by atoms with Crippen molar-refractivity contribution in [2.75, 3.05) is 0 Å². The summed E-state index contributed by atoms with van der Waals surface area (Å²) in [5.41, 5.74) is 0.475. The third kappa shape index (κ3) is 1.27. The van der Waals surface area contributed by atoms with Gasteiger partial charge in [-0.05, 0) is 35.0 Å². The van der Waals surface area contributed by atoms with Gasteiger partial charge in [0.2, 0.25) is 0 Å². The molecule has 0 fully saturated rings. The molecular weight excluding hydrogens is 181 g/mol. The summed E-state index contributed by atoms with van der Waals surface area (Å²) in [4.78, 5) is 0. The highest BCUT2D eigenvalue weighted by Gasteiger charge is 2.03. The first-order valence-corrected chi connectivity index (χ1v) is 4.03. The lowest BCUT2D eigenvalue weighted by molar-refractivity contribution is 0.434. The highest BCUT2D eigenvalue weighted by atomic mass is 19.1. The molecule has 0 saturated heterocycles. The molecule has 0 amide bonds. The van der Waals surface area contributed by atoms with Crippen molar-refractivity contribution in [1.29, 1.82) is 5.26 Å². The smallest absolute Gasteiger partial charge is 0.165 e. The fourth-order valence-electron chi connectivity index (χ4n) is 1.33. The summed E-state index contributed by atoms with van der Waals surface area (Å²) < 4.78 is 13.0. The maximum Gasteiger partial charge on any atom is 0.165 e. The maximum absolute atomic E-state index is 13.0. The second kappa shape index (κ2) is 3.00. The molecule has 14 heavy (non-hydrogen) atoms. The van der Waals surface area contributed by atoms with Crippen LogP contribution in [0.2, 0.25) is 0 Å². The predicted molar refractivity (Wildman–Crippen MR) is 50.3 cm³/mol. The van der Waals surface area contributed by atoms with Gasteiger partial charge in [0.1, 0.15) is 0 Å². The van der Waals surface area contributed by atoms with Gasteiger partial charge in [0.15, 0.2) is 11.6 Å². The predicted octanol–water partition coefficient (Wildman–Crippen LogP) is 2.56. The monoisotopic (exact) mass is 187 g/mol. The fourth-order valence-corrected chi connectivity index (χ4v) is 1.33. The average Bonchev–Trinajstić information content (AvgIpc) is 2.19. The van der Waals surface area contributed by atoms with E-state index in [-0.39, 0.29) is 5.75 Å². The molecule has 0 saturated carbocycles. The van der Waals surface area contributed by atoms with Crippen LogP contribution in [-0.2, 0) is 0 Å². The van der Waals surface area contributed by atoms with Crippen LogP contribution in [-0.4, -0.2) is 5.11 Å². The van der Waals surface area contributed by atoms with E-state index >= 15 is 0 Å². The van der Waals surface area contributed by atoms with E-state index in [1.165, 1.54) is 12.1 Å². The molecule has 0 atom stereocenters. The summed E-state index contributed by atoms with van der Waals surface area (Å²) in [6, 6.07) is 9.40. The van der Waals surface area contributed by atoms with Crippen molar-refractivity contribution in [2.24, 2.45) is 0 Å². The van der Waals surface area contributed by atoms with Crippen molar-refractivity contribution >= 4 is 10.8 Å². The molecule has 0 aromatic heterocycles. The van der Waals surface area contributed by atoms with Crippen LogP contribution in [0, 0.1) is 17.1 Å². The van der Waals surface area contributed by atoms with Gasteiger partial charge in [-0.2, -0.15) is 5.26 Å². The van der Waals surface area contributed by atoms with E-state index in [0.717, 1.165) is 0 Å². The van der Waals surface area contributed by atoms with Gasteiger partial charge in [-0.1, -0.05) is 6.07 Å². The summed E-state index contributed by atoms with van der Waals surface area (Å²) in [6.07, 6.45) is 0. The number of phenols is 1. The van der Waals surface area contributed by atoms with Gasteiger partial charge in [-0.15, -0.1) is 0 Å². The number of aromatic hydroxyl groups is 1. The Morgan fingerprint density at radius 3 is 2.64 bits per heavy atom. The third-order valence-corrected chi connectivity index (χ3v) is 2.04. The van der Waals surface area contributed by atoms with Crippen molar-refractivity contribution in [3.8, 4) is 11.8 Å². The van der Waals surface area contributed by atoms with Gasteiger partial charge in [0.05, 0.1) is 11.6 Å². The number of hydrogen-bond donors (Lipinski definition) is 1. The van der Waals surface area contributed by atoms with Crippen LogP contribution >= 0.6 is 0 Å². The number of nitriles is 1. The first-order chi connectivity index (χ1) is 6.70. The summed E-state index contributed by atoms with van der Waals surface area (Å²) in [6.45, 7) is 0. The van der Waals surface area contributed by atoms with Gasteiger partial charge >= 0.3 is 0 Å². The van der Waals surface area contributed by atoms with Crippen LogP contribution in [0.3, 0.4) is 0 Å². The lowest BCUT2D eigenvalue weighted by Crippen LogP contribution is -1.80. The molecule has 0 radical (unpaired) electrons. The summed E-state index contributed by atoms with van der Waals surface area (Å²) >= 11 is 0. The van der Waals surface area contributed by atoms with E-state index in [4.69, 9.17) is 10.4 Å². The van der Waals surface area contributed by atoms with Crippen molar-refractivity contribution < 1.29 is 9.50 Å². The number of phenolic OH excluding ortho intramolecular Hbond substituents is 1. The molecule has 2 aromatic carbocycles. The number of nitrogens with zero attached hydrogens (tertiary/aromatic N) is 1. The average molecular weight is 187 g/mol. The first kappa shape index (κ1) is 8.52. The van der Waals surface area contributed by atoms with Gasteiger partial charge in [0.25, 0.3) is 0 Å². The lowest BCUT2D eigenvalue weighted by Gasteiger charge is -2.00. The van der Waals surface area contributed by atoms with Crippen LogP contribution in [0.1, 0.15) is 5.56 Å². The molecular formula is C11H6FNO. The number of hydrogen-bond acceptors (Lipinski definition) is 2. The van der Waals surface area contributed by atoms with Crippen molar-refractivity contribution in [3.05, 3.63) is 41.7 Å². The van der Waals surface area contributed by atoms with E-state index in [1.54, 1.807) is 18.2 Å². The van der Waals surface area contributed by atoms with Crippen molar-refractivity contribution in [1.82, 2.24) is 0 Å². The van der Waals surface area contributed by atoms with E-state index in [1.807, 2.05) is 6.07 Å². The largest absolute Gasteiger partial charge is 0.505 e. The summed E-state index contributed by atoms with van der Waals surface area (Å²) in [5, 5.41) is 19.1. The standard InChI is InChI=1S/C11H6FNO/c12-10-4-9-3-7(6-13)1-2-8(9)5-11(10)14/h1-5,14H. The highest BCUT2D eigenvalue weighted by molar-refractivity contribution is 5.85. The zero-order chi connectivity index (χ0) is 10.1. The number of rotatable bonds is 0. The minimum atomic E-state index is -0.674. The van der Waals surface area contributed by atoms with Crippen molar-refractivity contribution in [2.45, 2.75) is 0 Å². The quantitative estimate of drug-likeness (QED) is 0.688. The molecule has 1 N–H and O–H groups in total. The molecule has 2 rings (SSSR count). The molecule has 2 nitrogen and oxygen atoms in total. The first-order valence-electron chi connectivity index (χ1n) is 4.03. The van der Waals surface area contributed by atoms with E-state index in [0.29, 0.717) is 16.3 Å². The Balaban J connectivity index is 2.78. The van der Waals surface area contributed by atoms with Crippen LogP contribution in [0.5, 0.6) is 5.75 Å². The Bertz CT molecular complexity index is 543. The van der Waals surface area contributed by atoms with Crippen LogP contribution in [0.4, 0.5) is 4.39 Å². The molecule has 0 spiro atoms. The lowest BCUT2D eigenvalue weighted by atomic mass is 10.1. The molecule has 0 bridgehead atoms. The minimum absolute atomic E-state index is 0.373. The topological polar surface area (TPSA) is 44.0 Å². The van der Waals surface area contributed by atoms with E-state index < -0.39 is 5.82 Å². The summed E-state index contributed by atoms with van der Waals surface area (Å²) in [7, 11) is 0. The Hall–Kier alpha value is -2.08. The zero-order valence-electron chi connectivity index (χ0n) is 7.16. The maximum atomic E-state index is 13.0. The molecule has 0 heterocycles. The molecule has 0 aliphatic heterocycles. The second-order valence-electron chi connectivity index (χ2n) is 2.98. The molecule has 68 valence electrons. The van der Waals surface area contributed by atoms with Gasteiger partial charge < -0.3 is 5.11 Å². The number of fused-ring (bicyclic) bond motifs is 1. The fraction of sp³-hybridized carbons (Fsp3) is 0. The zero-order valence-corrected chi connectivity index (χ0v) is 7.16. The second-order valence-corrected chi connectivity index (χ2v) is 2.98. The van der Waals surface area contributed by atoms with Crippen LogP contribution in [0.25, 0.3) is 10.8 Å².